The number of benzene rings is 1. The van der Waals surface area contributed by atoms with Crippen LogP contribution >= 0.6 is 0 Å². The van der Waals surface area contributed by atoms with E-state index in [2.05, 4.69) is 5.32 Å². The molecule has 1 aromatic carbocycles. The maximum absolute atomic E-state index is 11.0. The lowest BCUT2D eigenvalue weighted by Crippen LogP contribution is -2.12. The van der Waals surface area contributed by atoms with Crippen LogP contribution in [-0.4, -0.2) is 33.8 Å². The highest BCUT2D eigenvalue weighted by Crippen LogP contribution is 2.17. The normalized spacial score (nSPS) is 12.1. The molecular formula is C11H15NO3S. The van der Waals surface area contributed by atoms with Crippen LogP contribution in [0.1, 0.15) is 15.9 Å². The van der Waals surface area contributed by atoms with Crippen molar-refractivity contribution in [3.8, 4) is 0 Å². The number of rotatable bonds is 5. The molecule has 0 amide bonds. The van der Waals surface area contributed by atoms with Crippen molar-refractivity contribution in [3.05, 3.63) is 29.3 Å². The molecule has 0 aromatic heterocycles. The lowest BCUT2D eigenvalue weighted by Gasteiger charge is -2.09. The summed E-state index contributed by atoms with van der Waals surface area (Å²) >= 11 is 0. The summed E-state index contributed by atoms with van der Waals surface area (Å²) in [5, 5.41) is 12.0. The minimum Gasteiger partial charge on any atom is -0.478 e. The molecule has 0 spiro atoms. The van der Waals surface area contributed by atoms with Crippen molar-refractivity contribution in [2.75, 3.05) is 23.9 Å². The predicted molar refractivity (Wildman–Crippen MR) is 65.6 cm³/mol. The second-order valence-electron chi connectivity index (χ2n) is 3.56. The molecule has 1 aromatic rings. The van der Waals surface area contributed by atoms with Gasteiger partial charge in [-0.3, -0.25) is 4.21 Å². The van der Waals surface area contributed by atoms with Gasteiger partial charge in [0.05, 0.1) is 5.56 Å². The zero-order chi connectivity index (χ0) is 12.1. The standard InChI is InChI=1S/C11H15NO3S/c1-8-3-4-10(9(7-8)11(13)14)12-5-6-16(2)15/h3-4,7,12H,5-6H2,1-2H3,(H,13,14). The Kier molecular flexibility index (Phi) is 4.49. The highest BCUT2D eigenvalue weighted by atomic mass is 32.2. The van der Waals surface area contributed by atoms with Crippen LogP contribution in [0.5, 0.6) is 0 Å². The second-order valence-corrected chi connectivity index (χ2v) is 5.11. The lowest BCUT2D eigenvalue weighted by molar-refractivity contribution is 0.0698. The van der Waals surface area contributed by atoms with Gasteiger partial charge in [0.1, 0.15) is 0 Å². The Labute approximate surface area is 97.1 Å². The van der Waals surface area contributed by atoms with E-state index in [0.717, 1.165) is 5.56 Å². The third-order valence-electron chi connectivity index (χ3n) is 2.11. The molecule has 0 fully saturated rings. The maximum Gasteiger partial charge on any atom is 0.337 e. The van der Waals surface area contributed by atoms with Gasteiger partial charge < -0.3 is 10.4 Å². The number of carboxylic acid groups (broad SMARTS) is 1. The molecule has 0 heterocycles. The molecule has 1 unspecified atom stereocenters. The van der Waals surface area contributed by atoms with Crippen LogP contribution in [0.4, 0.5) is 5.69 Å². The molecule has 0 bridgehead atoms. The molecule has 0 saturated carbocycles. The number of hydrogen-bond donors (Lipinski definition) is 2. The summed E-state index contributed by atoms with van der Waals surface area (Å²) in [5.74, 6) is -0.448. The van der Waals surface area contributed by atoms with E-state index in [0.29, 0.717) is 18.0 Å². The number of hydrogen-bond acceptors (Lipinski definition) is 3. The number of carbonyl (C=O) groups is 1. The van der Waals surface area contributed by atoms with Gasteiger partial charge in [0, 0.05) is 35.0 Å². The average Bonchev–Trinajstić information content (AvgIpc) is 2.19. The summed E-state index contributed by atoms with van der Waals surface area (Å²) < 4.78 is 10.9. The SMILES string of the molecule is Cc1ccc(NCCS(C)=O)c(C(=O)O)c1. The average molecular weight is 241 g/mol. The Morgan fingerprint density at radius 3 is 2.75 bits per heavy atom. The van der Waals surface area contributed by atoms with Crippen molar-refractivity contribution in [1.82, 2.24) is 0 Å². The van der Waals surface area contributed by atoms with Crippen molar-refractivity contribution in [1.29, 1.82) is 0 Å². The van der Waals surface area contributed by atoms with Crippen LogP contribution in [0.2, 0.25) is 0 Å². The van der Waals surface area contributed by atoms with E-state index in [1.807, 2.05) is 13.0 Å². The number of nitrogens with one attached hydrogen (secondary N) is 1. The van der Waals surface area contributed by atoms with Crippen LogP contribution in [-0.2, 0) is 10.8 Å². The minimum atomic E-state index is -0.955. The topological polar surface area (TPSA) is 66.4 Å². The minimum absolute atomic E-state index is 0.252. The van der Waals surface area contributed by atoms with E-state index in [1.165, 1.54) is 0 Å². The fourth-order valence-electron chi connectivity index (χ4n) is 1.32. The highest BCUT2D eigenvalue weighted by molar-refractivity contribution is 7.84. The van der Waals surface area contributed by atoms with Gasteiger partial charge in [-0.25, -0.2) is 4.79 Å². The highest BCUT2D eigenvalue weighted by Gasteiger charge is 2.09. The summed E-state index contributed by atoms with van der Waals surface area (Å²) in [6.45, 7) is 2.35. The smallest absolute Gasteiger partial charge is 0.337 e. The Morgan fingerprint density at radius 1 is 1.50 bits per heavy atom. The molecule has 0 aliphatic rings. The van der Waals surface area contributed by atoms with Crippen molar-refractivity contribution in [3.63, 3.8) is 0 Å². The first-order chi connectivity index (χ1) is 7.50. The summed E-state index contributed by atoms with van der Waals surface area (Å²) in [4.78, 5) is 11.0. The molecule has 0 aliphatic carbocycles. The fourth-order valence-corrected chi connectivity index (χ4v) is 1.71. The Morgan fingerprint density at radius 2 is 2.19 bits per heavy atom. The number of aryl methyl sites for hydroxylation is 1. The molecule has 4 nitrogen and oxygen atoms in total. The van der Waals surface area contributed by atoms with Crippen LogP contribution in [0.15, 0.2) is 18.2 Å². The zero-order valence-electron chi connectivity index (χ0n) is 9.32. The Balaban J connectivity index is 2.78. The molecular weight excluding hydrogens is 226 g/mol. The summed E-state index contributed by atoms with van der Waals surface area (Å²) in [7, 11) is -0.871. The van der Waals surface area contributed by atoms with Gasteiger partial charge in [0.2, 0.25) is 0 Å². The maximum atomic E-state index is 11.0. The van der Waals surface area contributed by atoms with Gasteiger partial charge in [-0.15, -0.1) is 0 Å². The molecule has 16 heavy (non-hydrogen) atoms. The fraction of sp³-hybridized carbons (Fsp3) is 0.364. The van der Waals surface area contributed by atoms with Gasteiger partial charge in [-0.05, 0) is 19.1 Å². The molecule has 5 heteroatoms. The van der Waals surface area contributed by atoms with E-state index in [-0.39, 0.29) is 5.56 Å². The zero-order valence-corrected chi connectivity index (χ0v) is 10.1. The summed E-state index contributed by atoms with van der Waals surface area (Å²) in [6.07, 6.45) is 1.62. The first-order valence-corrected chi connectivity index (χ1v) is 6.61. The van der Waals surface area contributed by atoms with Crippen molar-refractivity contribution in [2.24, 2.45) is 0 Å². The number of aromatic carboxylic acids is 1. The van der Waals surface area contributed by atoms with Gasteiger partial charge in [-0.1, -0.05) is 11.6 Å². The quantitative estimate of drug-likeness (QED) is 0.819. The molecule has 88 valence electrons. The van der Waals surface area contributed by atoms with E-state index in [9.17, 15) is 9.00 Å². The molecule has 1 atom stereocenters. The second kappa shape index (κ2) is 5.65. The van der Waals surface area contributed by atoms with Crippen LogP contribution < -0.4 is 5.32 Å². The molecule has 0 saturated heterocycles. The van der Waals surface area contributed by atoms with E-state index in [4.69, 9.17) is 5.11 Å². The molecule has 1 rings (SSSR count). The van der Waals surface area contributed by atoms with Gasteiger partial charge in [0.25, 0.3) is 0 Å². The molecule has 2 N–H and O–H groups in total. The van der Waals surface area contributed by atoms with Crippen LogP contribution in [0.25, 0.3) is 0 Å². The first-order valence-electron chi connectivity index (χ1n) is 4.88. The van der Waals surface area contributed by atoms with Gasteiger partial charge in [-0.2, -0.15) is 0 Å². The van der Waals surface area contributed by atoms with Crippen molar-refractivity contribution in [2.45, 2.75) is 6.92 Å². The van der Waals surface area contributed by atoms with E-state index in [1.54, 1.807) is 18.4 Å². The molecule has 0 aliphatic heterocycles. The van der Waals surface area contributed by atoms with Crippen molar-refractivity contribution < 1.29 is 14.1 Å². The third kappa shape index (κ3) is 3.66. The Hall–Kier alpha value is -1.36. The van der Waals surface area contributed by atoms with Crippen molar-refractivity contribution >= 4 is 22.5 Å². The molecule has 0 radical (unpaired) electrons. The Bertz CT molecular complexity index is 418. The van der Waals surface area contributed by atoms with Crippen LogP contribution in [0, 0.1) is 6.92 Å². The van der Waals surface area contributed by atoms with E-state index >= 15 is 0 Å². The largest absolute Gasteiger partial charge is 0.478 e. The summed E-state index contributed by atoms with van der Waals surface area (Å²) in [6, 6.07) is 5.20. The van der Waals surface area contributed by atoms with Gasteiger partial charge in [0.15, 0.2) is 0 Å². The monoisotopic (exact) mass is 241 g/mol. The first kappa shape index (κ1) is 12.7. The third-order valence-corrected chi connectivity index (χ3v) is 2.89. The van der Waals surface area contributed by atoms with Crippen LogP contribution in [0.3, 0.4) is 0 Å². The van der Waals surface area contributed by atoms with E-state index < -0.39 is 16.8 Å². The lowest BCUT2D eigenvalue weighted by atomic mass is 10.1. The number of carboxylic acids is 1. The number of anilines is 1. The summed E-state index contributed by atoms with van der Waals surface area (Å²) in [5.41, 5.74) is 1.73. The predicted octanol–water partition coefficient (Wildman–Crippen LogP) is 1.48. The van der Waals surface area contributed by atoms with Gasteiger partial charge >= 0.3 is 5.97 Å².